The highest BCUT2D eigenvalue weighted by molar-refractivity contribution is 8.13. The molecule has 4 aromatic carbocycles. The van der Waals surface area contributed by atoms with E-state index < -0.39 is 0 Å². The molecule has 1 fully saturated rings. The highest BCUT2D eigenvalue weighted by atomic mass is 32.2. The second-order valence-electron chi connectivity index (χ2n) is 8.52. The molecule has 1 aliphatic rings. The maximum absolute atomic E-state index is 13.2. The van der Waals surface area contributed by atoms with Crippen LogP contribution in [0, 0.1) is 0 Å². The Balaban J connectivity index is 1.45. The minimum atomic E-state index is -0.215. The van der Waals surface area contributed by atoms with E-state index in [9.17, 15) is 9.59 Å². The molecule has 0 aromatic heterocycles. The van der Waals surface area contributed by atoms with E-state index in [0.717, 1.165) is 43.4 Å². The lowest BCUT2D eigenvalue weighted by atomic mass is 10.1. The van der Waals surface area contributed by atoms with Crippen LogP contribution in [0.4, 0.5) is 16.2 Å². The minimum absolute atomic E-state index is 0.0559. The fourth-order valence-corrected chi connectivity index (χ4v) is 6.53. The van der Waals surface area contributed by atoms with Crippen molar-refractivity contribution in [2.24, 2.45) is 0 Å². The number of carbonyl (C=O) groups excluding carboxylic acids is 2. The van der Waals surface area contributed by atoms with Crippen molar-refractivity contribution in [2.75, 3.05) is 42.1 Å². The van der Waals surface area contributed by atoms with Crippen LogP contribution in [0.15, 0.2) is 94.7 Å². The van der Waals surface area contributed by atoms with Gasteiger partial charge in [0.25, 0.3) is 5.24 Å². The van der Waals surface area contributed by atoms with Gasteiger partial charge >= 0.3 is 0 Å². The van der Waals surface area contributed by atoms with E-state index in [1.165, 1.54) is 40.6 Å². The predicted octanol–water partition coefficient (Wildman–Crippen LogP) is 7.19. The first-order chi connectivity index (χ1) is 19.1. The van der Waals surface area contributed by atoms with Gasteiger partial charge in [-0.25, -0.2) is 0 Å². The summed E-state index contributed by atoms with van der Waals surface area (Å²) in [5.74, 6) is 1.99. The van der Waals surface area contributed by atoms with Gasteiger partial charge in [0.2, 0.25) is 5.91 Å². The molecule has 5 rings (SSSR count). The molecule has 0 saturated carbocycles. The van der Waals surface area contributed by atoms with Gasteiger partial charge in [0.05, 0.1) is 25.6 Å². The van der Waals surface area contributed by atoms with Crippen LogP contribution in [0.25, 0.3) is 10.8 Å². The van der Waals surface area contributed by atoms with Crippen LogP contribution < -0.4 is 18.5 Å². The average Bonchev–Trinajstić information content (AvgIpc) is 3.42. The van der Waals surface area contributed by atoms with E-state index in [4.69, 9.17) is 9.47 Å². The van der Waals surface area contributed by atoms with E-state index in [0.29, 0.717) is 12.3 Å². The summed E-state index contributed by atoms with van der Waals surface area (Å²) in [6.45, 7) is 0.496. The molecule has 0 bridgehead atoms. The number of hydrogen-bond acceptors (Lipinski definition) is 9. The highest BCUT2D eigenvalue weighted by Gasteiger charge is 2.29. The van der Waals surface area contributed by atoms with Crippen molar-refractivity contribution in [1.29, 1.82) is 0 Å². The Bertz CT molecular complexity index is 1470. The molecule has 7 nitrogen and oxygen atoms in total. The lowest BCUT2D eigenvalue weighted by Crippen LogP contribution is -2.38. The zero-order valence-corrected chi connectivity index (χ0v) is 23.9. The molecule has 0 atom stereocenters. The number of methoxy groups -OCH3 is 2. The number of ether oxygens (including phenoxy) is 2. The van der Waals surface area contributed by atoms with Gasteiger partial charge in [-0.2, -0.15) is 0 Å². The van der Waals surface area contributed by atoms with E-state index in [-0.39, 0.29) is 17.7 Å². The van der Waals surface area contributed by atoms with Crippen LogP contribution in [0.5, 0.6) is 11.5 Å². The zero-order valence-electron chi connectivity index (χ0n) is 21.5. The molecule has 0 unspecified atom stereocenters. The predicted molar refractivity (Wildman–Crippen MR) is 162 cm³/mol. The summed E-state index contributed by atoms with van der Waals surface area (Å²) in [5.41, 5.74) is 1.85. The van der Waals surface area contributed by atoms with Crippen molar-refractivity contribution in [3.05, 3.63) is 84.9 Å². The topological polar surface area (TPSA) is 71.1 Å². The number of nitrogens with one attached hydrogen (secondary N) is 1. The smallest absolute Gasteiger partial charge is 0.288 e. The van der Waals surface area contributed by atoms with Gasteiger partial charge in [0.15, 0.2) is 0 Å². The van der Waals surface area contributed by atoms with Gasteiger partial charge in [-0.05, 0) is 84.6 Å². The van der Waals surface area contributed by atoms with Crippen LogP contribution in [0.3, 0.4) is 0 Å². The lowest BCUT2D eigenvalue weighted by molar-refractivity contribution is -0.125. The summed E-state index contributed by atoms with van der Waals surface area (Å²) >= 11 is 4.16. The maximum atomic E-state index is 13.2. The van der Waals surface area contributed by atoms with E-state index in [2.05, 4.69) is 16.9 Å². The summed E-state index contributed by atoms with van der Waals surface area (Å²) < 4.78 is 16.0. The van der Waals surface area contributed by atoms with Gasteiger partial charge < -0.3 is 18.5 Å². The molecule has 1 aliphatic heterocycles. The number of nitrogens with zero attached hydrogens (tertiary/aromatic N) is 2. The molecular weight excluding hydrogens is 551 g/mol. The van der Waals surface area contributed by atoms with Crippen molar-refractivity contribution in [3.63, 3.8) is 0 Å². The van der Waals surface area contributed by atoms with Crippen LogP contribution in [-0.4, -0.2) is 49.1 Å². The first-order valence-corrected chi connectivity index (χ1v) is 14.8. The van der Waals surface area contributed by atoms with Crippen LogP contribution in [-0.2, 0) is 4.79 Å². The van der Waals surface area contributed by atoms with Crippen molar-refractivity contribution in [3.8, 4) is 11.5 Å². The third-order valence-corrected chi connectivity index (χ3v) is 8.84. The van der Waals surface area contributed by atoms with Gasteiger partial charge in [-0.1, -0.05) is 36.0 Å². The third kappa shape index (κ3) is 6.41. The van der Waals surface area contributed by atoms with Crippen LogP contribution in [0.1, 0.15) is 0 Å². The van der Waals surface area contributed by atoms with E-state index in [1.54, 1.807) is 14.2 Å². The number of hydrogen-bond donors (Lipinski definition) is 1. The standard InChI is InChI=1S/C29H27N3O4S3/c1-35-20-7-11-22(12-8-20)38-30-26-15-16-27(25-6-4-3-5-24(25)26)32(19-28(33)31-17-18-37-29(31)34)39-23-13-9-21(36-2)10-14-23/h3-16,30H,17-19H2,1-2H3. The number of anilines is 2. The Kier molecular flexibility index (Phi) is 8.75. The van der Waals surface area contributed by atoms with Gasteiger partial charge in [0.1, 0.15) is 18.0 Å². The van der Waals surface area contributed by atoms with E-state index in [1.807, 2.05) is 77.1 Å². The second kappa shape index (κ2) is 12.6. The highest BCUT2D eigenvalue weighted by Crippen LogP contribution is 2.39. The molecule has 1 N–H and O–H groups in total. The Labute approximate surface area is 240 Å². The summed E-state index contributed by atoms with van der Waals surface area (Å²) in [6.07, 6.45) is 0. The fraction of sp³-hybridized carbons (Fsp3) is 0.172. The van der Waals surface area contributed by atoms with E-state index >= 15 is 0 Å². The Morgan fingerprint density at radius 2 is 1.54 bits per heavy atom. The molecule has 1 heterocycles. The first-order valence-electron chi connectivity index (χ1n) is 12.2. The lowest BCUT2D eigenvalue weighted by Gasteiger charge is -2.26. The number of imide groups is 1. The monoisotopic (exact) mass is 577 g/mol. The number of amides is 2. The Morgan fingerprint density at radius 3 is 2.15 bits per heavy atom. The molecule has 4 aromatic rings. The number of rotatable bonds is 10. The molecule has 0 spiro atoms. The van der Waals surface area contributed by atoms with Gasteiger partial charge in [-0.3, -0.25) is 14.5 Å². The zero-order chi connectivity index (χ0) is 27.2. The second-order valence-corrected chi connectivity index (χ2v) is 11.5. The average molecular weight is 578 g/mol. The molecule has 0 aliphatic carbocycles. The normalized spacial score (nSPS) is 13.0. The summed E-state index contributed by atoms with van der Waals surface area (Å²) in [4.78, 5) is 28.8. The number of carbonyl (C=O) groups is 2. The molecule has 200 valence electrons. The number of thioether (sulfide) groups is 1. The SMILES string of the molecule is COc1ccc(SNc2ccc(N(CC(=O)N3CCSC3=O)Sc3ccc(OC)cc3)c3ccccc23)cc1. The van der Waals surface area contributed by atoms with Crippen molar-refractivity contribution >= 4 is 69.0 Å². The Hall–Kier alpha value is -3.47. The van der Waals surface area contributed by atoms with Crippen molar-refractivity contribution < 1.29 is 19.1 Å². The van der Waals surface area contributed by atoms with Crippen LogP contribution >= 0.6 is 35.7 Å². The van der Waals surface area contributed by atoms with Gasteiger partial charge in [-0.15, -0.1) is 0 Å². The first kappa shape index (κ1) is 27.1. The molecule has 0 radical (unpaired) electrons. The summed E-state index contributed by atoms with van der Waals surface area (Å²) in [6, 6.07) is 27.7. The quantitative estimate of drug-likeness (QED) is 0.197. The molecule has 1 saturated heterocycles. The fourth-order valence-electron chi connectivity index (χ4n) is 4.11. The van der Waals surface area contributed by atoms with Crippen LogP contribution in [0.2, 0.25) is 0 Å². The summed E-state index contributed by atoms with van der Waals surface area (Å²) in [7, 11) is 3.28. The molecule has 10 heteroatoms. The molecule has 2 amide bonds. The number of fused-ring (bicyclic) bond motifs is 1. The van der Waals surface area contributed by atoms with Gasteiger partial charge in [0, 0.05) is 32.9 Å². The Morgan fingerprint density at radius 1 is 0.897 bits per heavy atom. The molecular formula is C29H27N3O4S3. The molecule has 39 heavy (non-hydrogen) atoms. The number of benzene rings is 4. The third-order valence-electron chi connectivity index (χ3n) is 6.12. The van der Waals surface area contributed by atoms with Crippen molar-refractivity contribution in [2.45, 2.75) is 9.79 Å². The maximum Gasteiger partial charge on any atom is 0.288 e. The largest absolute Gasteiger partial charge is 0.497 e. The minimum Gasteiger partial charge on any atom is -0.497 e. The summed E-state index contributed by atoms with van der Waals surface area (Å²) in [5, 5.41) is 1.83. The van der Waals surface area contributed by atoms with Crippen molar-refractivity contribution in [1.82, 2.24) is 4.90 Å².